The van der Waals surface area contributed by atoms with Gasteiger partial charge in [0, 0.05) is 57.2 Å². The predicted octanol–water partition coefficient (Wildman–Crippen LogP) is 1.06. The highest BCUT2D eigenvalue weighted by atomic mass is 16.2. The van der Waals surface area contributed by atoms with Crippen molar-refractivity contribution in [2.24, 2.45) is 0 Å². The average Bonchev–Trinajstić information content (AvgIpc) is 3.14. The Hall–Kier alpha value is -2.15. The second-order valence-electron chi connectivity index (χ2n) is 6.41. The maximum atomic E-state index is 12.4. The minimum atomic E-state index is 0.146. The Morgan fingerprint density at radius 1 is 1.12 bits per heavy atom. The highest BCUT2D eigenvalue weighted by Gasteiger charge is 2.22. The molecular weight excluding hydrogens is 304 g/mol. The second kappa shape index (κ2) is 7.17. The molecule has 0 spiro atoms. The summed E-state index contributed by atoms with van der Waals surface area (Å²) in [7, 11) is 0. The second-order valence-corrected chi connectivity index (χ2v) is 6.41. The van der Waals surface area contributed by atoms with Crippen molar-refractivity contribution < 1.29 is 4.79 Å². The zero-order valence-electron chi connectivity index (χ0n) is 14.8. The number of aryl methyl sites for hydroxylation is 3. The van der Waals surface area contributed by atoms with Crippen LogP contribution >= 0.6 is 0 Å². The summed E-state index contributed by atoms with van der Waals surface area (Å²) in [5.41, 5.74) is 3.32. The number of amides is 1. The van der Waals surface area contributed by atoms with Crippen LogP contribution in [0, 0.1) is 13.8 Å². The van der Waals surface area contributed by atoms with E-state index < -0.39 is 0 Å². The van der Waals surface area contributed by atoms with Crippen molar-refractivity contribution in [3.05, 3.63) is 35.4 Å². The first-order valence-electron chi connectivity index (χ1n) is 8.58. The van der Waals surface area contributed by atoms with Crippen molar-refractivity contribution in [2.75, 3.05) is 26.2 Å². The van der Waals surface area contributed by atoms with Gasteiger partial charge in [0.15, 0.2) is 0 Å². The first-order valence-corrected chi connectivity index (χ1v) is 8.58. The first kappa shape index (κ1) is 16.7. The third-order valence-electron chi connectivity index (χ3n) is 4.56. The topological polar surface area (TPSA) is 59.2 Å². The molecule has 3 heterocycles. The van der Waals surface area contributed by atoms with Gasteiger partial charge in [0.05, 0.1) is 11.4 Å². The Morgan fingerprint density at radius 3 is 2.46 bits per heavy atom. The molecule has 3 rings (SSSR count). The number of carbonyl (C=O) groups is 1. The fourth-order valence-electron chi connectivity index (χ4n) is 3.06. The van der Waals surface area contributed by atoms with E-state index in [1.807, 2.05) is 28.8 Å². The summed E-state index contributed by atoms with van der Waals surface area (Å²) in [6, 6.07) is 1.92. The molecule has 130 valence electrons. The van der Waals surface area contributed by atoms with E-state index in [-0.39, 0.29) is 5.91 Å². The van der Waals surface area contributed by atoms with Crippen LogP contribution in [0.25, 0.3) is 0 Å². The minimum absolute atomic E-state index is 0.146. The standard InChI is InChI=1S/C17H26N6O/c1-4-22-12-16(15(3)19-22)11-20-7-9-21(10-8-20)17(24)13-23-6-5-14(2)18-23/h5-6,12H,4,7-11,13H2,1-3H3. The van der Waals surface area contributed by atoms with E-state index in [2.05, 4.69) is 35.1 Å². The lowest BCUT2D eigenvalue weighted by Gasteiger charge is -2.34. The number of hydrogen-bond donors (Lipinski definition) is 0. The summed E-state index contributed by atoms with van der Waals surface area (Å²) < 4.78 is 3.70. The van der Waals surface area contributed by atoms with Gasteiger partial charge in [-0.3, -0.25) is 19.1 Å². The number of aromatic nitrogens is 4. The molecule has 1 aliphatic rings. The third-order valence-corrected chi connectivity index (χ3v) is 4.56. The Bertz CT molecular complexity index is 696. The van der Waals surface area contributed by atoms with E-state index in [1.54, 1.807) is 4.68 Å². The fourth-order valence-corrected chi connectivity index (χ4v) is 3.06. The SMILES string of the molecule is CCn1cc(CN2CCN(C(=O)Cn3ccc(C)n3)CC2)c(C)n1. The molecular formula is C17H26N6O. The van der Waals surface area contributed by atoms with E-state index in [4.69, 9.17) is 0 Å². The molecule has 1 saturated heterocycles. The van der Waals surface area contributed by atoms with Crippen molar-refractivity contribution >= 4 is 5.91 Å². The zero-order chi connectivity index (χ0) is 17.1. The monoisotopic (exact) mass is 330 g/mol. The molecule has 1 aliphatic heterocycles. The molecule has 0 N–H and O–H groups in total. The number of piperazine rings is 1. The molecule has 0 radical (unpaired) electrons. The van der Waals surface area contributed by atoms with Crippen molar-refractivity contribution in [3.8, 4) is 0 Å². The van der Waals surface area contributed by atoms with Gasteiger partial charge in [0.25, 0.3) is 0 Å². The predicted molar refractivity (Wildman–Crippen MR) is 91.5 cm³/mol. The lowest BCUT2D eigenvalue weighted by atomic mass is 10.2. The molecule has 2 aromatic heterocycles. The maximum Gasteiger partial charge on any atom is 0.244 e. The van der Waals surface area contributed by atoms with Crippen LogP contribution in [0.4, 0.5) is 0 Å². The Balaban J connectivity index is 1.50. The van der Waals surface area contributed by atoms with E-state index in [0.29, 0.717) is 6.54 Å². The molecule has 0 saturated carbocycles. The molecule has 0 aromatic carbocycles. The van der Waals surface area contributed by atoms with Crippen LogP contribution in [-0.4, -0.2) is 61.4 Å². The Kier molecular flexibility index (Phi) is 4.99. The number of rotatable bonds is 5. The minimum Gasteiger partial charge on any atom is -0.339 e. The lowest BCUT2D eigenvalue weighted by Crippen LogP contribution is -2.49. The van der Waals surface area contributed by atoms with Gasteiger partial charge < -0.3 is 4.90 Å². The zero-order valence-corrected chi connectivity index (χ0v) is 14.8. The highest BCUT2D eigenvalue weighted by Crippen LogP contribution is 2.12. The molecule has 24 heavy (non-hydrogen) atoms. The fraction of sp³-hybridized carbons (Fsp3) is 0.588. The van der Waals surface area contributed by atoms with E-state index >= 15 is 0 Å². The number of hydrogen-bond acceptors (Lipinski definition) is 4. The van der Waals surface area contributed by atoms with Crippen LogP contribution in [0.5, 0.6) is 0 Å². The summed E-state index contributed by atoms with van der Waals surface area (Å²) in [5.74, 6) is 0.146. The lowest BCUT2D eigenvalue weighted by molar-refractivity contribution is -0.133. The first-order chi connectivity index (χ1) is 11.5. The van der Waals surface area contributed by atoms with Gasteiger partial charge >= 0.3 is 0 Å². The Labute approximate surface area is 142 Å². The van der Waals surface area contributed by atoms with Gasteiger partial charge in [0.2, 0.25) is 5.91 Å². The number of carbonyl (C=O) groups excluding carboxylic acids is 1. The van der Waals surface area contributed by atoms with Crippen molar-refractivity contribution in [1.29, 1.82) is 0 Å². The van der Waals surface area contributed by atoms with Gasteiger partial charge in [0.1, 0.15) is 6.54 Å². The molecule has 0 bridgehead atoms. The van der Waals surface area contributed by atoms with Crippen LogP contribution in [0.15, 0.2) is 18.5 Å². The van der Waals surface area contributed by atoms with E-state index in [1.165, 1.54) is 5.56 Å². The molecule has 1 amide bonds. The van der Waals surface area contributed by atoms with Crippen LogP contribution in [-0.2, 0) is 24.4 Å². The van der Waals surface area contributed by atoms with Crippen LogP contribution in [0.1, 0.15) is 23.9 Å². The molecule has 0 aliphatic carbocycles. The van der Waals surface area contributed by atoms with Crippen molar-refractivity contribution in [2.45, 2.75) is 40.4 Å². The van der Waals surface area contributed by atoms with Gasteiger partial charge in [-0.1, -0.05) is 0 Å². The van der Waals surface area contributed by atoms with Gasteiger partial charge in [-0.2, -0.15) is 10.2 Å². The maximum absolute atomic E-state index is 12.4. The van der Waals surface area contributed by atoms with Crippen LogP contribution in [0.2, 0.25) is 0 Å². The van der Waals surface area contributed by atoms with Crippen molar-refractivity contribution in [1.82, 2.24) is 29.4 Å². The van der Waals surface area contributed by atoms with Crippen molar-refractivity contribution in [3.63, 3.8) is 0 Å². The highest BCUT2D eigenvalue weighted by molar-refractivity contribution is 5.76. The molecule has 0 unspecified atom stereocenters. The molecule has 2 aromatic rings. The van der Waals surface area contributed by atoms with Gasteiger partial charge in [-0.25, -0.2) is 0 Å². The smallest absolute Gasteiger partial charge is 0.244 e. The quantitative estimate of drug-likeness (QED) is 0.822. The van der Waals surface area contributed by atoms with Gasteiger partial charge in [-0.15, -0.1) is 0 Å². The number of nitrogens with zero attached hydrogens (tertiary/aromatic N) is 6. The largest absolute Gasteiger partial charge is 0.339 e. The average molecular weight is 330 g/mol. The third kappa shape index (κ3) is 3.84. The van der Waals surface area contributed by atoms with E-state index in [0.717, 1.165) is 50.7 Å². The molecule has 7 nitrogen and oxygen atoms in total. The molecule has 1 fully saturated rings. The summed E-state index contributed by atoms with van der Waals surface area (Å²) in [6.45, 7) is 11.6. The summed E-state index contributed by atoms with van der Waals surface area (Å²) in [6.07, 6.45) is 3.99. The summed E-state index contributed by atoms with van der Waals surface area (Å²) in [4.78, 5) is 16.7. The van der Waals surface area contributed by atoms with Crippen LogP contribution < -0.4 is 0 Å². The summed E-state index contributed by atoms with van der Waals surface area (Å²) >= 11 is 0. The van der Waals surface area contributed by atoms with Crippen LogP contribution in [0.3, 0.4) is 0 Å². The molecule has 7 heteroatoms. The van der Waals surface area contributed by atoms with E-state index in [9.17, 15) is 4.79 Å². The normalized spacial score (nSPS) is 15.9. The Morgan fingerprint density at radius 2 is 1.88 bits per heavy atom. The molecule has 0 atom stereocenters. The summed E-state index contributed by atoms with van der Waals surface area (Å²) in [5, 5.41) is 8.79. The van der Waals surface area contributed by atoms with Gasteiger partial charge in [-0.05, 0) is 26.8 Å².